The molecule has 1 unspecified atom stereocenters. The highest BCUT2D eigenvalue weighted by Crippen LogP contribution is 2.26. The van der Waals surface area contributed by atoms with Gasteiger partial charge in [0.1, 0.15) is 5.75 Å². The highest BCUT2D eigenvalue weighted by atomic mass is 16.5. The van der Waals surface area contributed by atoms with Crippen LogP contribution in [-0.4, -0.2) is 12.0 Å². The Bertz CT molecular complexity index is 568. The van der Waals surface area contributed by atoms with Crippen LogP contribution >= 0.6 is 0 Å². The summed E-state index contributed by atoms with van der Waals surface area (Å²) in [5.41, 5.74) is 2.59. The number of nitrogens with one attached hydrogen (secondary N) is 1. The fourth-order valence-corrected chi connectivity index (χ4v) is 2.02. The van der Waals surface area contributed by atoms with E-state index in [9.17, 15) is 0 Å². The molecule has 0 aliphatic carbocycles. The van der Waals surface area contributed by atoms with Crippen LogP contribution in [0.1, 0.15) is 44.9 Å². The molecule has 0 bridgehead atoms. The van der Waals surface area contributed by atoms with Gasteiger partial charge in [-0.3, -0.25) is 0 Å². The van der Waals surface area contributed by atoms with Crippen LogP contribution in [0.2, 0.25) is 0 Å². The Morgan fingerprint density at radius 1 is 1.05 bits per heavy atom. The van der Waals surface area contributed by atoms with Crippen molar-refractivity contribution < 1.29 is 4.74 Å². The molecular weight excluding hydrogens is 260 g/mol. The van der Waals surface area contributed by atoms with Crippen molar-refractivity contribution in [3.8, 4) is 11.6 Å². The summed E-state index contributed by atoms with van der Waals surface area (Å²) >= 11 is 0. The summed E-state index contributed by atoms with van der Waals surface area (Å²) in [5.74, 6) is 1.43. The number of pyridine rings is 1. The monoisotopic (exact) mass is 284 g/mol. The molecule has 1 aromatic heterocycles. The molecule has 0 radical (unpaired) electrons. The Kier molecular flexibility index (Phi) is 4.63. The lowest BCUT2D eigenvalue weighted by molar-refractivity contribution is 0.461. The first-order valence-corrected chi connectivity index (χ1v) is 7.32. The number of rotatable bonds is 4. The predicted molar refractivity (Wildman–Crippen MR) is 86.9 cm³/mol. The van der Waals surface area contributed by atoms with Crippen LogP contribution in [0, 0.1) is 0 Å². The fourth-order valence-electron chi connectivity index (χ4n) is 2.02. The Morgan fingerprint density at radius 2 is 1.71 bits per heavy atom. The highest BCUT2D eigenvalue weighted by molar-refractivity contribution is 5.33. The standard InChI is InChI=1S/C18H24N2O/c1-13(19-5)14-6-11-17(20-12-14)21-16-9-7-15(8-10-16)18(2,3)4/h6-13,19H,1-5H3. The molecule has 0 saturated heterocycles. The van der Waals surface area contributed by atoms with Gasteiger partial charge in [0, 0.05) is 18.3 Å². The van der Waals surface area contributed by atoms with Gasteiger partial charge in [0.05, 0.1) is 0 Å². The van der Waals surface area contributed by atoms with Crippen LogP contribution in [0.3, 0.4) is 0 Å². The molecule has 1 aromatic carbocycles. The zero-order valence-corrected chi connectivity index (χ0v) is 13.5. The van der Waals surface area contributed by atoms with E-state index in [2.05, 4.69) is 50.1 Å². The molecule has 0 fully saturated rings. The molecule has 1 N–H and O–H groups in total. The molecular formula is C18H24N2O. The highest BCUT2D eigenvalue weighted by Gasteiger charge is 2.13. The van der Waals surface area contributed by atoms with Gasteiger partial charge in [-0.2, -0.15) is 0 Å². The van der Waals surface area contributed by atoms with Crippen LogP contribution < -0.4 is 10.1 Å². The van der Waals surface area contributed by atoms with E-state index in [1.165, 1.54) is 5.56 Å². The molecule has 3 nitrogen and oxygen atoms in total. The smallest absolute Gasteiger partial charge is 0.219 e. The third-order valence-corrected chi connectivity index (χ3v) is 3.63. The Labute approximate surface area is 127 Å². The molecule has 0 aliphatic rings. The molecule has 21 heavy (non-hydrogen) atoms. The lowest BCUT2D eigenvalue weighted by Crippen LogP contribution is -2.12. The van der Waals surface area contributed by atoms with Crippen LogP contribution in [0.5, 0.6) is 11.6 Å². The van der Waals surface area contributed by atoms with Gasteiger partial charge in [-0.05, 0) is 42.6 Å². The van der Waals surface area contributed by atoms with Gasteiger partial charge in [0.2, 0.25) is 5.88 Å². The van der Waals surface area contributed by atoms with Gasteiger partial charge in [0.15, 0.2) is 0 Å². The summed E-state index contributed by atoms with van der Waals surface area (Å²) in [7, 11) is 1.94. The first kappa shape index (κ1) is 15.5. The van der Waals surface area contributed by atoms with Crippen LogP contribution in [0.15, 0.2) is 42.6 Å². The molecule has 0 spiro atoms. The molecule has 2 rings (SSSR count). The van der Waals surface area contributed by atoms with E-state index >= 15 is 0 Å². The average molecular weight is 284 g/mol. The van der Waals surface area contributed by atoms with Crippen molar-refractivity contribution >= 4 is 0 Å². The number of benzene rings is 1. The second kappa shape index (κ2) is 6.27. The van der Waals surface area contributed by atoms with Gasteiger partial charge in [-0.25, -0.2) is 4.98 Å². The van der Waals surface area contributed by atoms with Crippen LogP contribution in [0.4, 0.5) is 0 Å². The lowest BCUT2D eigenvalue weighted by Gasteiger charge is -2.19. The Morgan fingerprint density at radius 3 is 2.19 bits per heavy atom. The van der Waals surface area contributed by atoms with Crippen molar-refractivity contribution in [2.45, 2.75) is 39.2 Å². The normalized spacial score (nSPS) is 13.0. The number of nitrogens with zero attached hydrogens (tertiary/aromatic N) is 1. The maximum atomic E-state index is 5.78. The lowest BCUT2D eigenvalue weighted by atomic mass is 9.87. The Balaban J connectivity index is 2.08. The maximum Gasteiger partial charge on any atom is 0.219 e. The first-order valence-electron chi connectivity index (χ1n) is 7.32. The SMILES string of the molecule is CNC(C)c1ccc(Oc2ccc(C(C)(C)C)cc2)nc1. The summed E-state index contributed by atoms with van der Waals surface area (Å²) in [6.07, 6.45) is 1.85. The van der Waals surface area contributed by atoms with Gasteiger partial charge >= 0.3 is 0 Å². The molecule has 2 aromatic rings. The van der Waals surface area contributed by atoms with Crippen molar-refractivity contribution in [2.75, 3.05) is 7.05 Å². The molecule has 1 atom stereocenters. The minimum Gasteiger partial charge on any atom is -0.439 e. The number of hydrogen-bond donors (Lipinski definition) is 1. The van der Waals surface area contributed by atoms with E-state index in [0.29, 0.717) is 5.88 Å². The van der Waals surface area contributed by atoms with Gasteiger partial charge < -0.3 is 10.1 Å². The molecule has 0 saturated carbocycles. The average Bonchev–Trinajstić information content (AvgIpc) is 2.47. The van der Waals surface area contributed by atoms with E-state index < -0.39 is 0 Å². The van der Waals surface area contributed by atoms with Gasteiger partial charge in [-0.1, -0.05) is 39.0 Å². The third kappa shape index (κ3) is 4.05. The summed E-state index contributed by atoms with van der Waals surface area (Å²) in [6.45, 7) is 8.70. The third-order valence-electron chi connectivity index (χ3n) is 3.63. The minimum atomic E-state index is 0.154. The fraction of sp³-hybridized carbons (Fsp3) is 0.389. The summed E-state index contributed by atoms with van der Waals surface area (Å²) in [5, 5.41) is 3.19. The summed E-state index contributed by atoms with van der Waals surface area (Å²) in [6, 6.07) is 12.4. The van der Waals surface area contributed by atoms with Crippen molar-refractivity contribution in [3.05, 3.63) is 53.7 Å². The topological polar surface area (TPSA) is 34.1 Å². The van der Waals surface area contributed by atoms with E-state index in [1.807, 2.05) is 37.5 Å². The van der Waals surface area contributed by atoms with Crippen molar-refractivity contribution in [1.29, 1.82) is 0 Å². The minimum absolute atomic E-state index is 0.154. The van der Waals surface area contributed by atoms with Crippen LogP contribution in [-0.2, 0) is 5.41 Å². The van der Waals surface area contributed by atoms with Gasteiger partial charge in [-0.15, -0.1) is 0 Å². The van der Waals surface area contributed by atoms with Gasteiger partial charge in [0.25, 0.3) is 0 Å². The van der Waals surface area contributed by atoms with E-state index in [0.717, 1.165) is 11.3 Å². The maximum absolute atomic E-state index is 5.78. The first-order chi connectivity index (χ1) is 9.90. The van der Waals surface area contributed by atoms with Crippen molar-refractivity contribution in [1.82, 2.24) is 10.3 Å². The quantitative estimate of drug-likeness (QED) is 0.900. The van der Waals surface area contributed by atoms with Crippen molar-refractivity contribution in [2.24, 2.45) is 0 Å². The number of ether oxygens (including phenoxy) is 1. The molecule has 112 valence electrons. The van der Waals surface area contributed by atoms with E-state index in [-0.39, 0.29) is 11.5 Å². The van der Waals surface area contributed by atoms with Crippen LogP contribution in [0.25, 0.3) is 0 Å². The molecule has 0 amide bonds. The molecule has 1 heterocycles. The van der Waals surface area contributed by atoms with Crippen molar-refractivity contribution in [3.63, 3.8) is 0 Å². The number of aromatic nitrogens is 1. The summed E-state index contributed by atoms with van der Waals surface area (Å²) < 4.78 is 5.78. The van der Waals surface area contributed by atoms with E-state index in [4.69, 9.17) is 4.74 Å². The zero-order chi connectivity index (χ0) is 15.5. The second-order valence-corrected chi connectivity index (χ2v) is 6.32. The van der Waals surface area contributed by atoms with E-state index in [1.54, 1.807) is 0 Å². The zero-order valence-electron chi connectivity index (χ0n) is 13.5. The molecule has 0 aliphatic heterocycles. The summed E-state index contributed by atoms with van der Waals surface area (Å²) in [4.78, 5) is 4.35. The Hall–Kier alpha value is -1.87. The number of hydrogen-bond acceptors (Lipinski definition) is 3. The second-order valence-electron chi connectivity index (χ2n) is 6.32. The predicted octanol–water partition coefficient (Wildman–Crippen LogP) is 4.45. The largest absolute Gasteiger partial charge is 0.439 e. The molecule has 3 heteroatoms.